The van der Waals surface area contributed by atoms with Crippen LogP contribution in [0.5, 0.6) is 0 Å². The Hall–Kier alpha value is -2.59. The van der Waals surface area contributed by atoms with Crippen LogP contribution in [0.3, 0.4) is 0 Å². The fourth-order valence-corrected chi connectivity index (χ4v) is 2.64. The Kier molecular flexibility index (Phi) is 5.55. The molecule has 1 aliphatic rings. The number of carbonyl (C=O) groups excluding carboxylic acids is 1. The molecule has 7 nitrogen and oxygen atoms in total. The highest BCUT2D eigenvalue weighted by molar-refractivity contribution is 6.00. The molecule has 1 fully saturated rings. The lowest BCUT2D eigenvalue weighted by molar-refractivity contribution is -0.114. The van der Waals surface area contributed by atoms with Gasteiger partial charge in [-0.1, -0.05) is 0 Å². The first-order valence-electron chi connectivity index (χ1n) is 7.50. The second-order valence-electron chi connectivity index (χ2n) is 5.45. The van der Waals surface area contributed by atoms with E-state index in [9.17, 15) is 14.7 Å². The molecule has 0 atom stereocenters. The third-order valence-electron chi connectivity index (χ3n) is 3.82. The largest absolute Gasteiger partial charge is 0.478 e. The van der Waals surface area contributed by atoms with Crippen molar-refractivity contribution in [2.75, 3.05) is 42.9 Å². The predicted octanol–water partition coefficient (Wildman–Crippen LogP) is 1.38. The van der Waals surface area contributed by atoms with Crippen molar-refractivity contribution >= 4 is 23.3 Å². The maximum absolute atomic E-state index is 11.4. The first-order valence-corrected chi connectivity index (χ1v) is 7.50. The van der Waals surface area contributed by atoms with Gasteiger partial charge in [0.25, 0.3) is 0 Å². The summed E-state index contributed by atoms with van der Waals surface area (Å²) >= 11 is 0. The summed E-state index contributed by atoms with van der Waals surface area (Å²) in [6, 6.07) is 7.19. The average molecular weight is 316 g/mol. The Balaban J connectivity index is 2.09. The van der Waals surface area contributed by atoms with Gasteiger partial charge < -0.3 is 15.3 Å². The quantitative estimate of drug-likeness (QED) is 0.852. The van der Waals surface area contributed by atoms with Gasteiger partial charge in [-0.2, -0.15) is 5.26 Å². The number of piperazine rings is 1. The van der Waals surface area contributed by atoms with Crippen LogP contribution in [0, 0.1) is 11.3 Å². The Morgan fingerprint density at radius 2 is 2.00 bits per heavy atom. The number of carbonyl (C=O) groups is 2. The van der Waals surface area contributed by atoms with Crippen LogP contribution in [0.25, 0.3) is 0 Å². The van der Waals surface area contributed by atoms with E-state index in [2.05, 4.69) is 21.2 Å². The molecule has 0 saturated carbocycles. The molecule has 1 amide bonds. The minimum atomic E-state index is -1.07. The summed E-state index contributed by atoms with van der Waals surface area (Å²) in [6.45, 7) is 5.37. The van der Waals surface area contributed by atoms with E-state index in [1.54, 1.807) is 12.1 Å². The third kappa shape index (κ3) is 4.44. The van der Waals surface area contributed by atoms with Crippen LogP contribution in [0.4, 0.5) is 11.4 Å². The van der Waals surface area contributed by atoms with Crippen LogP contribution >= 0.6 is 0 Å². The van der Waals surface area contributed by atoms with Gasteiger partial charge in [0.05, 0.1) is 17.3 Å². The lowest BCUT2D eigenvalue weighted by atomic mass is 10.1. The zero-order valence-electron chi connectivity index (χ0n) is 13.1. The van der Waals surface area contributed by atoms with Crippen molar-refractivity contribution in [3.63, 3.8) is 0 Å². The Morgan fingerprint density at radius 1 is 1.30 bits per heavy atom. The molecule has 2 rings (SSSR count). The second kappa shape index (κ2) is 7.61. The fourth-order valence-electron chi connectivity index (χ4n) is 2.64. The summed E-state index contributed by atoms with van der Waals surface area (Å²) in [5, 5.41) is 20.5. The monoisotopic (exact) mass is 316 g/mol. The predicted molar refractivity (Wildman–Crippen MR) is 86.6 cm³/mol. The molecular formula is C16H20N4O3. The molecule has 0 spiro atoms. The van der Waals surface area contributed by atoms with Crippen molar-refractivity contribution in [3.05, 3.63) is 23.8 Å². The van der Waals surface area contributed by atoms with Gasteiger partial charge in [0, 0.05) is 51.8 Å². The third-order valence-corrected chi connectivity index (χ3v) is 3.82. The van der Waals surface area contributed by atoms with E-state index >= 15 is 0 Å². The smallest absolute Gasteiger partial charge is 0.337 e. The number of rotatable bonds is 5. The number of carboxylic acid groups (broad SMARTS) is 1. The zero-order chi connectivity index (χ0) is 16.8. The van der Waals surface area contributed by atoms with Crippen molar-refractivity contribution in [2.45, 2.75) is 13.3 Å². The van der Waals surface area contributed by atoms with Gasteiger partial charge in [0.1, 0.15) is 0 Å². The first-order chi connectivity index (χ1) is 11.0. The number of carboxylic acids is 1. The van der Waals surface area contributed by atoms with Gasteiger partial charge in [0.15, 0.2) is 0 Å². The average Bonchev–Trinajstić information content (AvgIpc) is 2.53. The van der Waals surface area contributed by atoms with Gasteiger partial charge in [-0.3, -0.25) is 9.69 Å². The number of nitrogens with one attached hydrogen (secondary N) is 1. The highest BCUT2D eigenvalue weighted by Crippen LogP contribution is 2.24. The topological polar surface area (TPSA) is 96.7 Å². The van der Waals surface area contributed by atoms with Gasteiger partial charge >= 0.3 is 5.97 Å². The molecule has 1 heterocycles. The zero-order valence-corrected chi connectivity index (χ0v) is 13.1. The maximum atomic E-state index is 11.4. The lowest BCUT2D eigenvalue weighted by Crippen LogP contribution is -2.46. The van der Waals surface area contributed by atoms with E-state index in [-0.39, 0.29) is 11.5 Å². The van der Waals surface area contributed by atoms with Crippen LogP contribution in [-0.4, -0.2) is 54.6 Å². The summed E-state index contributed by atoms with van der Waals surface area (Å²) < 4.78 is 0. The molecule has 2 N–H and O–H groups in total. The number of nitriles is 1. The maximum Gasteiger partial charge on any atom is 0.337 e. The summed E-state index contributed by atoms with van der Waals surface area (Å²) in [5.41, 5.74) is 1.22. The molecule has 0 unspecified atom stereocenters. The van der Waals surface area contributed by atoms with Crippen molar-refractivity contribution in [1.29, 1.82) is 5.26 Å². The van der Waals surface area contributed by atoms with Crippen LogP contribution < -0.4 is 10.2 Å². The minimum absolute atomic E-state index is 0.0876. The number of anilines is 2. The van der Waals surface area contributed by atoms with Crippen LogP contribution in [0.15, 0.2) is 18.2 Å². The molecule has 0 radical (unpaired) electrons. The van der Waals surface area contributed by atoms with E-state index in [0.29, 0.717) is 12.1 Å². The van der Waals surface area contributed by atoms with E-state index < -0.39 is 5.97 Å². The number of aromatic carboxylic acids is 1. The Morgan fingerprint density at radius 3 is 2.57 bits per heavy atom. The van der Waals surface area contributed by atoms with Crippen molar-refractivity contribution in [3.8, 4) is 6.07 Å². The second-order valence-corrected chi connectivity index (χ2v) is 5.45. The van der Waals surface area contributed by atoms with Gasteiger partial charge in [-0.05, 0) is 18.2 Å². The fraction of sp³-hybridized carbons (Fsp3) is 0.438. The van der Waals surface area contributed by atoms with Crippen molar-refractivity contribution in [1.82, 2.24) is 4.90 Å². The van der Waals surface area contributed by atoms with Crippen LogP contribution in [0.1, 0.15) is 23.7 Å². The molecule has 1 aliphatic heterocycles. The van der Waals surface area contributed by atoms with Gasteiger partial charge in [0.2, 0.25) is 5.91 Å². The molecule has 1 aromatic rings. The van der Waals surface area contributed by atoms with E-state index in [0.717, 1.165) is 38.4 Å². The Labute approximate surface area is 135 Å². The summed E-state index contributed by atoms with van der Waals surface area (Å²) in [6.07, 6.45) is 0.522. The molecule has 0 aliphatic carbocycles. The SMILES string of the molecule is CC(=O)Nc1ccc(N2CCN(CCC#N)CC2)cc1C(=O)O. The number of amides is 1. The number of hydrogen-bond donors (Lipinski definition) is 2. The standard InChI is InChI=1S/C16H20N4O3/c1-12(21)18-15-4-3-13(11-14(15)16(22)23)20-9-7-19(8-10-20)6-2-5-17/h3-4,11H,2,6-10H2,1H3,(H,18,21)(H,22,23). The molecule has 1 aromatic carbocycles. The van der Waals surface area contributed by atoms with Crippen LogP contribution in [-0.2, 0) is 4.79 Å². The highest BCUT2D eigenvalue weighted by atomic mass is 16.4. The van der Waals surface area contributed by atoms with E-state index in [4.69, 9.17) is 5.26 Å². The number of hydrogen-bond acceptors (Lipinski definition) is 5. The van der Waals surface area contributed by atoms with Crippen molar-refractivity contribution < 1.29 is 14.7 Å². The number of benzene rings is 1. The number of nitrogens with zero attached hydrogens (tertiary/aromatic N) is 3. The summed E-state index contributed by atoms with van der Waals surface area (Å²) in [7, 11) is 0. The molecule has 122 valence electrons. The minimum Gasteiger partial charge on any atom is -0.478 e. The first kappa shape index (κ1) is 16.8. The molecular weight excluding hydrogens is 296 g/mol. The van der Waals surface area contributed by atoms with Crippen LogP contribution in [0.2, 0.25) is 0 Å². The molecule has 23 heavy (non-hydrogen) atoms. The van der Waals surface area contributed by atoms with E-state index in [1.807, 2.05) is 6.07 Å². The van der Waals surface area contributed by atoms with Gasteiger partial charge in [-0.25, -0.2) is 4.79 Å². The molecule has 0 aromatic heterocycles. The lowest BCUT2D eigenvalue weighted by Gasteiger charge is -2.36. The normalized spacial score (nSPS) is 15.0. The summed E-state index contributed by atoms with van der Waals surface area (Å²) in [5.74, 6) is -1.37. The molecule has 7 heteroatoms. The highest BCUT2D eigenvalue weighted by Gasteiger charge is 2.19. The van der Waals surface area contributed by atoms with Gasteiger partial charge in [-0.15, -0.1) is 0 Å². The summed E-state index contributed by atoms with van der Waals surface area (Å²) in [4.78, 5) is 26.9. The molecule has 1 saturated heterocycles. The Bertz CT molecular complexity index is 631. The van der Waals surface area contributed by atoms with E-state index in [1.165, 1.54) is 6.92 Å². The van der Waals surface area contributed by atoms with Crippen molar-refractivity contribution in [2.24, 2.45) is 0 Å². The molecule has 0 bridgehead atoms.